The smallest absolute Gasteiger partial charge is 0.138 e. The number of H-pyrrole nitrogens is 2. The van der Waals surface area contributed by atoms with Crippen LogP contribution in [0.1, 0.15) is 0 Å². The summed E-state index contributed by atoms with van der Waals surface area (Å²) < 4.78 is 0. The highest BCUT2D eigenvalue weighted by molar-refractivity contribution is 6.07. The summed E-state index contributed by atoms with van der Waals surface area (Å²) in [5.74, 6) is 0.502. The van der Waals surface area contributed by atoms with Crippen LogP contribution < -0.4 is 5.73 Å². The number of aromatic amines is 2. The molecule has 4 aromatic rings. The molecule has 4 aromatic heterocycles. The number of nitrogens with one attached hydrogen (secondary N) is 2. The van der Waals surface area contributed by atoms with Gasteiger partial charge in [0.2, 0.25) is 0 Å². The molecule has 6 nitrogen and oxygen atoms in total. The van der Waals surface area contributed by atoms with E-state index in [0.717, 1.165) is 33.1 Å². The molecule has 0 atom stereocenters. The van der Waals surface area contributed by atoms with Crippen LogP contribution in [0.4, 0.5) is 5.82 Å². The standard InChI is InChI=1S/C13H10N6/c14-12-2-9-10-1-7(8-4-17-18-5-8)3-16-13(10)19-11(9)6-15-12/h1-6H,(H2,14,15)(H,16,19)(H,17,18). The van der Waals surface area contributed by atoms with Crippen molar-refractivity contribution in [2.24, 2.45) is 0 Å². The van der Waals surface area contributed by atoms with Crippen LogP contribution in [0.25, 0.3) is 33.1 Å². The molecule has 6 heteroatoms. The van der Waals surface area contributed by atoms with Gasteiger partial charge in [-0.15, -0.1) is 0 Å². The quantitative estimate of drug-likeness (QED) is 0.482. The Morgan fingerprint density at radius 1 is 0.947 bits per heavy atom. The zero-order valence-electron chi connectivity index (χ0n) is 9.88. The van der Waals surface area contributed by atoms with E-state index < -0.39 is 0 Å². The van der Waals surface area contributed by atoms with Crippen molar-refractivity contribution in [2.45, 2.75) is 0 Å². The first-order valence-electron chi connectivity index (χ1n) is 5.83. The molecule has 4 heterocycles. The number of pyridine rings is 2. The molecular formula is C13H10N6. The van der Waals surface area contributed by atoms with Gasteiger partial charge >= 0.3 is 0 Å². The van der Waals surface area contributed by atoms with E-state index in [1.54, 1.807) is 12.4 Å². The minimum Gasteiger partial charge on any atom is -0.384 e. The van der Waals surface area contributed by atoms with E-state index in [1.807, 2.05) is 18.5 Å². The highest BCUT2D eigenvalue weighted by atomic mass is 15.1. The molecule has 0 spiro atoms. The van der Waals surface area contributed by atoms with E-state index in [9.17, 15) is 0 Å². The predicted molar refractivity (Wildman–Crippen MR) is 73.4 cm³/mol. The van der Waals surface area contributed by atoms with Crippen LogP contribution in [0.5, 0.6) is 0 Å². The van der Waals surface area contributed by atoms with E-state index in [2.05, 4.69) is 31.2 Å². The first-order chi connectivity index (χ1) is 9.31. The van der Waals surface area contributed by atoms with Gasteiger partial charge in [0.15, 0.2) is 0 Å². The lowest BCUT2D eigenvalue weighted by molar-refractivity contribution is 1.09. The Bertz CT molecular complexity index is 875. The molecule has 0 amide bonds. The molecule has 4 rings (SSSR count). The average Bonchev–Trinajstić information content (AvgIpc) is 3.05. The van der Waals surface area contributed by atoms with Gasteiger partial charge < -0.3 is 10.7 Å². The highest BCUT2D eigenvalue weighted by Gasteiger charge is 2.08. The molecule has 0 radical (unpaired) electrons. The Morgan fingerprint density at radius 3 is 2.74 bits per heavy atom. The van der Waals surface area contributed by atoms with E-state index in [0.29, 0.717) is 5.82 Å². The van der Waals surface area contributed by atoms with Crippen molar-refractivity contribution in [3.8, 4) is 11.1 Å². The maximum Gasteiger partial charge on any atom is 0.138 e. The Labute approximate surface area is 107 Å². The lowest BCUT2D eigenvalue weighted by atomic mass is 10.1. The number of nitrogens with zero attached hydrogens (tertiary/aromatic N) is 3. The zero-order valence-corrected chi connectivity index (χ0v) is 9.88. The fraction of sp³-hybridized carbons (Fsp3) is 0. The Balaban J connectivity index is 2.06. The second-order valence-electron chi connectivity index (χ2n) is 4.39. The predicted octanol–water partition coefficient (Wildman–Crippen LogP) is 2.08. The molecule has 0 saturated heterocycles. The fourth-order valence-corrected chi connectivity index (χ4v) is 2.26. The molecule has 0 unspecified atom stereocenters. The van der Waals surface area contributed by atoms with Gasteiger partial charge in [-0.1, -0.05) is 0 Å². The van der Waals surface area contributed by atoms with Crippen molar-refractivity contribution >= 4 is 27.8 Å². The molecule has 4 N–H and O–H groups in total. The monoisotopic (exact) mass is 250 g/mol. The minimum absolute atomic E-state index is 0.502. The summed E-state index contributed by atoms with van der Waals surface area (Å²) in [6, 6.07) is 3.93. The Hall–Kier alpha value is -2.89. The van der Waals surface area contributed by atoms with Crippen LogP contribution in [0.3, 0.4) is 0 Å². The number of hydrogen-bond acceptors (Lipinski definition) is 4. The summed E-state index contributed by atoms with van der Waals surface area (Å²) >= 11 is 0. The lowest BCUT2D eigenvalue weighted by Gasteiger charge is -1.97. The van der Waals surface area contributed by atoms with E-state index in [-0.39, 0.29) is 0 Å². The van der Waals surface area contributed by atoms with Gasteiger partial charge in [0, 0.05) is 34.3 Å². The van der Waals surface area contributed by atoms with Crippen LogP contribution in [-0.4, -0.2) is 25.1 Å². The maximum absolute atomic E-state index is 5.75. The highest BCUT2D eigenvalue weighted by Crippen LogP contribution is 2.28. The number of aromatic nitrogens is 5. The largest absolute Gasteiger partial charge is 0.384 e. The van der Waals surface area contributed by atoms with E-state index in [1.165, 1.54) is 0 Å². The summed E-state index contributed by atoms with van der Waals surface area (Å²) in [5.41, 5.74) is 9.52. The van der Waals surface area contributed by atoms with Crippen LogP contribution >= 0.6 is 0 Å². The molecular weight excluding hydrogens is 240 g/mol. The number of hydrogen-bond donors (Lipinski definition) is 3. The van der Waals surface area contributed by atoms with Crippen molar-refractivity contribution in [1.82, 2.24) is 25.1 Å². The first-order valence-corrected chi connectivity index (χ1v) is 5.83. The summed E-state index contributed by atoms with van der Waals surface area (Å²) in [6.45, 7) is 0. The van der Waals surface area contributed by atoms with Gasteiger partial charge in [-0.05, 0) is 12.1 Å². The van der Waals surface area contributed by atoms with Crippen molar-refractivity contribution in [1.29, 1.82) is 0 Å². The van der Waals surface area contributed by atoms with Crippen molar-refractivity contribution in [2.75, 3.05) is 5.73 Å². The molecule has 0 fully saturated rings. The summed E-state index contributed by atoms with van der Waals surface area (Å²) in [4.78, 5) is 11.7. The first kappa shape index (κ1) is 10.1. The van der Waals surface area contributed by atoms with E-state index >= 15 is 0 Å². The topological polar surface area (TPSA) is 96.3 Å². The van der Waals surface area contributed by atoms with Crippen molar-refractivity contribution in [3.63, 3.8) is 0 Å². The lowest BCUT2D eigenvalue weighted by Crippen LogP contribution is -1.87. The van der Waals surface area contributed by atoms with Gasteiger partial charge in [-0.25, -0.2) is 9.97 Å². The third-order valence-electron chi connectivity index (χ3n) is 3.19. The Morgan fingerprint density at radius 2 is 1.89 bits per heavy atom. The molecule has 92 valence electrons. The number of rotatable bonds is 1. The van der Waals surface area contributed by atoms with Gasteiger partial charge in [0.25, 0.3) is 0 Å². The van der Waals surface area contributed by atoms with Gasteiger partial charge in [-0.2, -0.15) is 5.10 Å². The third kappa shape index (κ3) is 1.46. The molecule has 0 saturated carbocycles. The fourth-order valence-electron chi connectivity index (χ4n) is 2.26. The molecule has 19 heavy (non-hydrogen) atoms. The van der Waals surface area contributed by atoms with Gasteiger partial charge in [-0.3, -0.25) is 5.10 Å². The van der Waals surface area contributed by atoms with Crippen molar-refractivity contribution in [3.05, 3.63) is 36.9 Å². The third-order valence-corrected chi connectivity index (χ3v) is 3.19. The number of nitrogen functional groups attached to an aromatic ring is 1. The molecule has 0 aliphatic heterocycles. The van der Waals surface area contributed by atoms with Gasteiger partial charge in [0.1, 0.15) is 11.5 Å². The zero-order chi connectivity index (χ0) is 12.8. The average molecular weight is 250 g/mol. The van der Waals surface area contributed by atoms with Crippen LogP contribution in [0.2, 0.25) is 0 Å². The second-order valence-corrected chi connectivity index (χ2v) is 4.39. The molecule has 0 aliphatic carbocycles. The van der Waals surface area contributed by atoms with Gasteiger partial charge in [0.05, 0.1) is 17.9 Å². The van der Waals surface area contributed by atoms with Crippen LogP contribution in [-0.2, 0) is 0 Å². The van der Waals surface area contributed by atoms with E-state index in [4.69, 9.17) is 5.73 Å². The molecule has 0 aliphatic rings. The minimum atomic E-state index is 0.502. The number of anilines is 1. The summed E-state index contributed by atoms with van der Waals surface area (Å²) in [6.07, 6.45) is 7.16. The second kappa shape index (κ2) is 3.55. The molecule has 0 bridgehead atoms. The SMILES string of the molecule is Nc1cc2c(cn1)[nH]c1ncc(-c3cn[nH]c3)cc12. The van der Waals surface area contributed by atoms with Crippen molar-refractivity contribution < 1.29 is 0 Å². The number of fused-ring (bicyclic) bond motifs is 3. The maximum atomic E-state index is 5.75. The number of nitrogens with two attached hydrogens (primary N) is 1. The summed E-state index contributed by atoms with van der Waals surface area (Å²) in [5, 5.41) is 8.81. The molecule has 0 aromatic carbocycles. The Kier molecular flexibility index (Phi) is 1.88. The summed E-state index contributed by atoms with van der Waals surface area (Å²) in [7, 11) is 0. The normalized spacial score (nSPS) is 11.4. The van der Waals surface area contributed by atoms with Crippen LogP contribution in [0.15, 0.2) is 36.9 Å². The van der Waals surface area contributed by atoms with Crippen LogP contribution in [0, 0.1) is 0 Å².